The first-order chi connectivity index (χ1) is 13.7. The highest BCUT2D eigenvalue weighted by atomic mass is 16.5. The molecule has 1 aliphatic carbocycles. The molecular weight excluding hydrogens is 356 g/mol. The van der Waals surface area contributed by atoms with E-state index in [0.29, 0.717) is 28.8 Å². The summed E-state index contributed by atoms with van der Waals surface area (Å²) in [5.74, 6) is 1.70. The van der Waals surface area contributed by atoms with Gasteiger partial charge in [-0.25, -0.2) is 4.79 Å². The van der Waals surface area contributed by atoms with E-state index in [1.54, 1.807) is 20.3 Å². The average Bonchev–Trinajstić information content (AvgIpc) is 3.49. The summed E-state index contributed by atoms with van der Waals surface area (Å²) in [5, 5.41) is 13.4. The van der Waals surface area contributed by atoms with Crippen molar-refractivity contribution in [2.45, 2.75) is 18.8 Å². The molecule has 0 spiro atoms. The van der Waals surface area contributed by atoms with Gasteiger partial charge in [0.2, 0.25) is 0 Å². The summed E-state index contributed by atoms with van der Waals surface area (Å²) in [5.41, 5.74) is 3.77. The second-order valence-corrected chi connectivity index (χ2v) is 6.65. The van der Waals surface area contributed by atoms with Crippen LogP contribution in [0.3, 0.4) is 0 Å². The molecule has 2 aromatic carbocycles. The third-order valence-corrected chi connectivity index (χ3v) is 4.71. The minimum absolute atomic E-state index is 0.316. The smallest absolute Gasteiger partial charge is 0.323 e. The van der Waals surface area contributed by atoms with Gasteiger partial charge in [0.05, 0.1) is 25.6 Å². The largest absolute Gasteiger partial charge is 0.497 e. The number of hydrogen-bond acceptors (Lipinski definition) is 4. The zero-order chi connectivity index (χ0) is 19.5. The van der Waals surface area contributed by atoms with Crippen LogP contribution in [0, 0.1) is 0 Å². The van der Waals surface area contributed by atoms with Gasteiger partial charge in [-0.05, 0) is 37.1 Å². The van der Waals surface area contributed by atoms with E-state index in [2.05, 4.69) is 20.8 Å². The summed E-state index contributed by atoms with van der Waals surface area (Å²) in [7, 11) is 3.21. The number of rotatable bonds is 6. The second-order valence-electron chi connectivity index (χ2n) is 6.65. The third kappa shape index (κ3) is 3.64. The lowest BCUT2D eigenvalue weighted by molar-refractivity contribution is 0.262. The molecule has 0 bridgehead atoms. The van der Waals surface area contributed by atoms with Crippen LogP contribution in [0.15, 0.2) is 48.5 Å². The van der Waals surface area contributed by atoms with Crippen LogP contribution >= 0.6 is 0 Å². The number of amides is 2. The summed E-state index contributed by atoms with van der Waals surface area (Å²) >= 11 is 0. The number of urea groups is 1. The number of nitrogens with zero attached hydrogens (tertiary/aromatic N) is 1. The van der Waals surface area contributed by atoms with Crippen molar-refractivity contribution in [3.63, 3.8) is 0 Å². The maximum Gasteiger partial charge on any atom is 0.323 e. The van der Waals surface area contributed by atoms with Gasteiger partial charge in [-0.2, -0.15) is 5.10 Å². The van der Waals surface area contributed by atoms with Crippen LogP contribution in [0.2, 0.25) is 0 Å². The molecule has 0 saturated heterocycles. The SMILES string of the molecule is COc1ccc(-c2n[nH]c(C3CC3)c2NC(=O)Nc2ccccc2)c(OC)c1. The first-order valence-electron chi connectivity index (χ1n) is 9.13. The normalized spacial score (nSPS) is 13.1. The molecule has 0 atom stereocenters. The average molecular weight is 378 g/mol. The number of methoxy groups -OCH3 is 2. The minimum atomic E-state index is -0.316. The van der Waals surface area contributed by atoms with Crippen LogP contribution in [0.5, 0.6) is 11.5 Å². The van der Waals surface area contributed by atoms with Crippen molar-refractivity contribution in [2.24, 2.45) is 0 Å². The molecule has 1 fully saturated rings. The van der Waals surface area contributed by atoms with Crippen molar-refractivity contribution < 1.29 is 14.3 Å². The number of aromatic amines is 1. The number of nitrogens with one attached hydrogen (secondary N) is 3. The van der Waals surface area contributed by atoms with E-state index in [-0.39, 0.29) is 6.03 Å². The highest BCUT2D eigenvalue weighted by Crippen LogP contribution is 2.46. The summed E-state index contributed by atoms with van der Waals surface area (Å²) in [6.45, 7) is 0. The Morgan fingerprint density at radius 1 is 1.07 bits per heavy atom. The maximum atomic E-state index is 12.6. The van der Waals surface area contributed by atoms with Crippen molar-refractivity contribution in [1.29, 1.82) is 0 Å². The Kier molecular flexibility index (Phi) is 4.89. The molecule has 0 radical (unpaired) electrons. The Hall–Kier alpha value is -3.48. The van der Waals surface area contributed by atoms with Gasteiger partial charge >= 0.3 is 6.03 Å². The fourth-order valence-corrected chi connectivity index (χ4v) is 3.14. The van der Waals surface area contributed by atoms with Gasteiger partial charge in [0.25, 0.3) is 0 Å². The number of anilines is 2. The number of carbonyl (C=O) groups excluding carboxylic acids is 1. The van der Waals surface area contributed by atoms with Gasteiger partial charge in [-0.3, -0.25) is 5.10 Å². The van der Waals surface area contributed by atoms with Gasteiger partial charge in [0.15, 0.2) is 0 Å². The lowest BCUT2D eigenvalue weighted by Gasteiger charge is -2.12. The lowest BCUT2D eigenvalue weighted by atomic mass is 10.1. The third-order valence-electron chi connectivity index (χ3n) is 4.71. The molecule has 144 valence electrons. The summed E-state index contributed by atoms with van der Waals surface area (Å²) in [4.78, 5) is 12.6. The van der Waals surface area contributed by atoms with Crippen LogP contribution in [0.25, 0.3) is 11.3 Å². The Balaban J connectivity index is 1.67. The predicted octanol–water partition coefficient (Wildman–Crippen LogP) is 4.62. The maximum absolute atomic E-state index is 12.6. The molecule has 3 aromatic rings. The fourth-order valence-electron chi connectivity index (χ4n) is 3.14. The number of benzene rings is 2. The number of aromatic nitrogens is 2. The summed E-state index contributed by atoms with van der Waals surface area (Å²) < 4.78 is 10.8. The van der Waals surface area contributed by atoms with E-state index in [4.69, 9.17) is 9.47 Å². The quantitative estimate of drug-likeness (QED) is 0.584. The minimum Gasteiger partial charge on any atom is -0.497 e. The summed E-state index contributed by atoms with van der Waals surface area (Å²) in [6, 6.07) is 14.5. The van der Waals surface area contributed by atoms with E-state index in [9.17, 15) is 4.79 Å². The number of ether oxygens (including phenoxy) is 2. The van der Waals surface area contributed by atoms with Gasteiger partial charge in [-0.15, -0.1) is 0 Å². The van der Waals surface area contributed by atoms with E-state index in [1.165, 1.54) is 0 Å². The van der Waals surface area contributed by atoms with Gasteiger partial charge in [0, 0.05) is 23.2 Å². The standard InChI is InChI=1S/C21H22N4O3/c1-27-15-10-11-16(17(12-15)28-2)19-20(18(24-25-19)13-8-9-13)23-21(26)22-14-6-4-3-5-7-14/h3-7,10-13H,8-9H2,1-2H3,(H,24,25)(H2,22,23,26). The monoisotopic (exact) mass is 378 g/mol. The van der Waals surface area contributed by atoms with Crippen molar-refractivity contribution in [3.05, 3.63) is 54.2 Å². The van der Waals surface area contributed by atoms with Crippen LogP contribution < -0.4 is 20.1 Å². The number of hydrogen-bond donors (Lipinski definition) is 3. The van der Waals surface area contributed by atoms with Crippen LogP contribution in [-0.2, 0) is 0 Å². The first kappa shape index (κ1) is 17.9. The topological polar surface area (TPSA) is 88.3 Å². The Bertz CT molecular complexity index is 981. The Labute approximate surface area is 163 Å². The second kappa shape index (κ2) is 7.64. The molecule has 2 amide bonds. The van der Waals surface area contributed by atoms with E-state index in [1.807, 2.05) is 42.5 Å². The van der Waals surface area contributed by atoms with Gasteiger partial charge < -0.3 is 20.1 Å². The van der Waals surface area contributed by atoms with Crippen molar-refractivity contribution in [3.8, 4) is 22.8 Å². The fraction of sp³-hybridized carbons (Fsp3) is 0.238. The Morgan fingerprint density at radius 2 is 1.86 bits per heavy atom. The molecule has 4 rings (SSSR count). The first-order valence-corrected chi connectivity index (χ1v) is 9.13. The lowest BCUT2D eigenvalue weighted by Crippen LogP contribution is -2.20. The highest BCUT2D eigenvalue weighted by molar-refractivity contribution is 6.03. The van der Waals surface area contributed by atoms with Gasteiger partial charge in [-0.1, -0.05) is 18.2 Å². The van der Waals surface area contributed by atoms with E-state index in [0.717, 1.165) is 29.8 Å². The molecule has 0 aliphatic heterocycles. The zero-order valence-corrected chi connectivity index (χ0v) is 15.8. The highest BCUT2D eigenvalue weighted by Gasteiger charge is 2.31. The number of carbonyl (C=O) groups is 1. The molecule has 1 saturated carbocycles. The predicted molar refractivity (Wildman–Crippen MR) is 108 cm³/mol. The van der Waals surface area contributed by atoms with Crippen molar-refractivity contribution in [1.82, 2.24) is 10.2 Å². The van der Waals surface area contributed by atoms with Crippen molar-refractivity contribution in [2.75, 3.05) is 24.9 Å². The number of para-hydroxylation sites is 1. The number of H-pyrrole nitrogens is 1. The van der Waals surface area contributed by atoms with Crippen LogP contribution in [0.4, 0.5) is 16.2 Å². The van der Waals surface area contributed by atoms with Crippen LogP contribution in [0.1, 0.15) is 24.5 Å². The molecule has 0 unspecified atom stereocenters. The zero-order valence-electron chi connectivity index (χ0n) is 15.8. The van der Waals surface area contributed by atoms with E-state index < -0.39 is 0 Å². The molecule has 1 aliphatic rings. The Morgan fingerprint density at radius 3 is 2.54 bits per heavy atom. The summed E-state index contributed by atoms with van der Waals surface area (Å²) in [6.07, 6.45) is 2.16. The molecule has 28 heavy (non-hydrogen) atoms. The van der Waals surface area contributed by atoms with E-state index >= 15 is 0 Å². The molecule has 1 aromatic heterocycles. The molecule has 1 heterocycles. The molecule has 7 heteroatoms. The molecule has 7 nitrogen and oxygen atoms in total. The molecular formula is C21H22N4O3. The van der Waals surface area contributed by atoms with Gasteiger partial charge in [0.1, 0.15) is 17.2 Å². The van der Waals surface area contributed by atoms with Crippen molar-refractivity contribution >= 4 is 17.4 Å². The molecule has 3 N–H and O–H groups in total. The van der Waals surface area contributed by atoms with Crippen LogP contribution in [-0.4, -0.2) is 30.4 Å².